The topological polar surface area (TPSA) is 111 Å². The Morgan fingerprint density at radius 2 is 1.62 bits per heavy atom. The van der Waals surface area contributed by atoms with Gasteiger partial charge in [-0.05, 0) is 38.5 Å². The molecule has 2 rings (SSSR count). The molecular formula is C20H22N2O6S. The molecule has 0 aliphatic heterocycles. The van der Waals surface area contributed by atoms with Crippen molar-refractivity contribution < 1.29 is 28.7 Å². The molecule has 0 saturated heterocycles. The van der Waals surface area contributed by atoms with E-state index in [-0.39, 0.29) is 28.7 Å². The van der Waals surface area contributed by atoms with Crippen LogP contribution in [0.2, 0.25) is 0 Å². The summed E-state index contributed by atoms with van der Waals surface area (Å²) in [6.45, 7) is 5.24. The Kier molecular flexibility index (Phi) is 7.90. The molecule has 1 aromatic carbocycles. The molecule has 8 nitrogen and oxygen atoms in total. The van der Waals surface area contributed by atoms with Crippen molar-refractivity contribution in [3.05, 3.63) is 46.3 Å². The van der Waals surface area contributed by atoms with E-state index < -0.39 is 30.2 Å². The van der Waals surface area contributed by atoms with Gasteiger partial charge in [0, 0.05) is 5.69 Å². The van der Waals surface area contributed by atoms with Gasteiger partial charge in [-0.2, -0.15) is 0 Å². The Bertz CT molecular complexity index is 907. The lowest BCUT2D eigenvalue weighted by Gasteiger charge is -2.09. The van der Waals surface area contributed by atoms with Gasteiger partial charge in [-0.25, -0.2) is 4.79 Å². The number of benzene rings is 1. The van der Waals surface area contributed by atoms with E-state index in [1.165, 1.54) is 0 Å². The van der Waals surface area contributed by atoms with Crippen LogP contribution >= 0.6 is 11.3 Å². The van der Waals surface area contributed by atoms with Crippen LogP contribution in [0.3, 0.4) is 0 Å². The largest absolute Gasteiger partial charge is 0.466 e. The lowest BCUT2D eigenvalue weighted by Crippen LogP contribution is -2.20. The minimum Gasteiger partial charge on any atom is -0.466 e. The summed E-state index contributed by atoms with van der Waals surface area (Å²) in [6, 6.07) is 8.77. The number of carbonyl (C=O) groups excluding carboxylic acids is 4. The molecule has 0 bridgehead atoms. The van der Waals surface area contributed by atoms with Gasteiger partial charge >= 0.3 is 11.9 Å². The molecule has 1 heterocycles. The molecule has 0 aliphatic carbocycles. The van der Waals surface area contributed by atoms with Crippen molar-refractivity contribution in [1.82, 2.24) is 0 Å². The number of nitrogens with one attached hydrogen (secondary N) is 2. The van der Waals surface area contributed by atoms with Crippen LogP contribution in [0.15, 0.2) is 30.3 Å². The molecule has 0 atom stereocenters. The first-order chi connectivity index (χ1) is 13.9. The summed E-state index contributed by atoms with van der Waals surface area (Å²) in [7, 11) is 0. The first kappa shape index (κ1) is 22.1. The lowest BCUT2D eigenvalue weighted by molar-refractivity contribution is -0.145. The summed E-state index contributed by atoms with van der Waals surface area (Å²) < 4.78 is 9.79. The third kappa shape index (κ3) is 5.89. The molecule has 0 saturated carbocycles. The molecule has 0 spiro atoms. The van der Waals surface area contributed by atoms with Crippen molar-refractivity contribution in [2.45, 2.75) is 27.2 Å². The smallest absolute Gasteiger partial charge is 0.348 e. The molecule has 2 N–H and O–H groups in total. The van der Waals surface area contributed by atoms with Crippen LogP contribution in [0.25, 0.3) is 0 Å². The van der Waals surface area contributed by atoms with Gasteiger partial charge in [-0.3, -0.25) is 14.4 Å². The van der Waals surface area contributed by atoms with Crippen LogP contribution in [0, 0.1) is 6.92 Å². The maximum Gasteiger partial charge on any atom is 0.348 e. The standard InChI is InChI=1S/C20H22N2O6S/c1-4-27-15(24)11-14(23)22-19-16(12(3)17(29-19)20(26)28-5-2)18(25)21-13-9-7-6-8-10-13/h6-10H,4-5,11H2,1-3H3,(H,21,25)(H,22,23). The number of anilines is 2. The van der Waals surface area contributed by atoms with Crippen molar-refractivity contribution >= 4 is 45.8 Å². The summed E-state index contributed by atoms with van der Waals surface area (Å²) in [5, 5.41) is 5.43. The average molecular weight is 418 g/mol. The number of ether oxygens (including phenoxy) is 2. The van der Waals surface area contributed by atoms with Gasteiger partial charge in [0.1, 0.15) is 16.3 Å². The number of para-hydroxylation sites is 1. The molecule has 0 aliphatic rings. The average Bonchev–Trinajstić information content (AvgIpc) is 2.98. The summed E-state index contributed by atoms with van der Waals surface area (Å²) >= 11 is 0.922. The number of esters is 2. The fourth-order valence-electron chi connectivity index (χ4n) is 2.50. The molecule has 0 fully saturated rings. The van der Waals surface area contributed by atoms with E-state index in [4.69, 9.17) is 9.47 Å². The first-order valence-electron chi connectivity index (χ1n) is 8.99. The molecule has 29 heavy (non-hydrogen) atoms. The Morgan fingerprint density at radius 1 is 0.966 bits per heavy atom. The third-order valence-corrected chi connectivity index (χ3v) is 4.92. The highest BCUT2D eigenvalue weighted by molar-refractivity contribution is 7.18. The zero-order chi connectivity index (χ0) is 21.4. The van der Waals surface area contributed by atoms with E-state index in [2.05, 4.69) is 10.6 Å². The van der Waals surface area contributed by atoms with Crippen molar-refractivity contribution in [3.63, 3.8) is 0 Å². The molecular weight excluding hydrogens is 396 g/mol. The monoisotopic (exact) mass is 418 g/mol. The zero-order valence-electron chi connectivity index (χ0n) is 16.4. The molecule has 0 radical (unpaired) electrons. The summed E-state index contributed by atoms with van der Waals surface area (Å²) in [5.41, 5.74) is 1.08. The number of hydrogen-bond acceptors (Lipinski definition) is 7. The maximum atomic E-state index is 12.9. The van der Waals surface area contributed by atoms with E-state index in [1.807, 2.05) is 6.07 Å². The second-order valence-electron chi connectivity index (χ2n) is 5.83. The van der Waals surface area contributed by atoms with E-state index in [1.54, 1.807) is 45.0 Å². The number of rotatable bonds is 8. The van der Waals surface area contributed by atoms with Crippen LogP contribution in [-0.2, 0) is 19.1 Å². The highest BCUT2D eigenvalue weighted by Gasteiger charge is 2.27. The Labute approximate surface area is 172 Å². The predicted octanol–water partition coefficient (Wildman–Crippen LogP) is 3.38. The van der Waals surface area contributed by atoms with Gasteiger partial charge < -0.3 is 20.1 Å². The van der Waals surface area contributed by atoms with Crippen LogP contribution in [0.4, 0.5) is 10.7 Å². The van der Waals surface area contributed by atoms with E-state index in [0.717, 1.165) is 11.3 Å². The zero-order valence-corrected chi connectivity index (χ0v) is 17.2. The Hall–Kier alpha value is -3.20. The second-order valence-corrected chi connectivity index (χ2v) is 6.85. The van der Waals surface area contributed by atoms with Crippen molar-refractivity contribution in [1.29, 1.82) is 0 Å². The SMILES string of the molecule is CCOC(=O)CC(=O)Nc1sc(C(=O)OCC)c(C)c1C(=O)Nc1ccccc1. The number of hydrogen-bond donors (Lipinski definition) is 2. The molecule has 1 aromatic heterocycles. The third-order valence-electron chi connectivity index (χ3n) is 3.73. The van der Waals surface area contributed by atoms with Gasteiger partial charge in [-0.1, -0.05) is 18.2 Å². The summed E-state index contributed by atoms with van der Waals surface area (Å²) in [4.78, 5) is 49.0. The molecule has 154 valence electrons. The molecule has 9 heteroatoms. The fourth-order valence-corrected chi connectivity index (χ4v) is 3.61. The predicted molar refractivity (Wildman–Crippen MR) is 109 cm³/mol. The van der Waals surface area contributed by atoms with E-state index in [0.29, 0.717) is 11.3 Å². The number of amides is 2. The van der Waals surface area contributed by atoms with Crippen LogP contribution < -0.4 is 10.6 Å². The van der Waals surface area contributed by atoms with Crippen molar-refractivity contribution in [2.24, 2.45) is 0 Å². The number of thiophene rings is 1. The normalized spacial score (nSPS) is 10.2. The highest BCUT2D eigenvalue weighted by atomic mass is 32.1. The second kappa shape index (κ2) is 10.4. The summed E-state index contributed by atoms with van der Waals surface area (Å²) in [6.07, 6.45) is -0.501. The van der Waals surface area contributed by atoms with Crippen LogP contribution in [-0.4, -0.2) is 37.0 Å². The van der Waals surface area contributed by atoms with E-state index in [9.17, 15) is 19.2 Å². The molecule has 2 aromatic rings. The first-order valence-corrected chi connectivity index (χ1v) is 9.81. The molecule has 0 unspecified atom stereocenters. The van der Waals surface area contributed by atoms with Crippen molar-refractivity contribution in [3.8, 4) is 0 Å². The maximum absolute atomic E-state index is 12.9. The number of carbonyl (C=O) groups is 4. The van der Waals surface area contributed by atoms with Gasteiger partial charge in [0.15, 0.2) is 0 Å². The van der Waals surface area contributed by atoms with E-state index >= 15 is 0 Å². The van der Waals surface area contributed by atoms with Crippen molar-refractivity contribution in [2.75, 3.05) is 23.8 Å². The summed E-state index contributed by atoms with van der Waals surface area (Å²) in [5.74, 6) is -2.41. The van der Waals surface area contributed by atoms with Gasteiger partial charge in [0.2, 0.25) is 5.91 Å². The lowest BCUT2D eigenvalue weighted by atomic mass is 10.1. The van der Waals surface area contributed by atoms with Crippen LogP contribution in [0.1, 0.15) is 45.9 Å². The highest BCUT2D eigenvalue weighted by Crippen LogP contribution is 2.34. The fraction of sp³-hybridized carbons (Fsp3) is 0.300. The van der Waals surface area contributed by atoms with Gasteiger partial charge in [0.05, 0.1) is 18.8 Å². The van der Waals surface area contributed by atoms with Gasteiger partial charge in [-0.15, -0.1) is 11.3 Å². The quantitative estimate of drug-likeness (QED) is 0.502. The Morgan fingerprint density at radius 3 is 2.24 bits per heavy atom. The Balaban J connectivity index is 2.33. The van der Waals surface area contributed by atoms with Crippen LogP contribution in [0.5, 0.6) is 0 Å². The minimum absolute atomic E-state index is 0.138. The van der Waals surface area contributed by atoms with Gasteiger partial charge in [0.25, 0.3) is 5.91 Å². The minimum atomic E-state index is -0.681. The molecule has 2 amide bonds.